The summed E-state index contributed by atoms with van der Waals surface area (Å²) in [4.78, 5) is 11.0. The van der Waals surface area contributed by atoms with Crippen LogP contribution >= 0.6 is 11.8 Å². The Bertz CT molecular complexity index is 539. The van der Waals surface area contributed by atoms with Gasteiger partial charge in [0.15, 0.2) is 0 Å². The van der Waals surface area contributed by atoms with Crippen molar-refractivity contribution in [3.8, 4) is 0 Å². The minimum atomic E-state index is -0.928. The van der Waals surface area contributed by atoms with E-state index in [-0.39, 0.29) is 0 Å². The van der Waals surface area contributed by atoms with Gasteiger partial charge in [0, 0.05) is 12.7 Å². The smallest absolute Gasteiger partial charge is 0.335 e. The van der Waals surface area contributed by atoms with Crippen LogP contribution in [-0.2, 0) is 5.75 Å². The van der Waals surface area contributed by atoms with Crippen LogP contribution < -0.4 is 0 Å². The molecule has 0 amide bonds. The number of hydrogen-bond donors (Lipinski definition) is 1. The fourth-order valence-corrected chi connectivity index (χ4v) is 2.14. The molecule has 1 aromatic carbocycles. The summed E-state index contributed by atoms with van der Waals surface area (Å²) < 4.78 is 5.20. The lowest BCUT2D eigenvalue weighted by Crippen LogP contribution is -2.00. The van der Waals surface area contributed by atoms with Crippen molar-refractivity contribution in [2.75, 3.05) is 0 Å². The molecule has 1 heterocycles. The molecule has 17 heavy (non-hydrogen) atoms. The fraction of sp³-hybridized carbons (Fsp3) is 0.182. The van der Waals surface area contributed by atoms with Crippen molar-refractivity contribution in [1.82, 2.24) is 10.2 Å². The Hall–Kier alpha value is -1.82. The van der Waals surface area contributed by atoms with Crippen molar-refractivity contribution in [2.24, 2.45) is 0 Å². The van der Waals surface area contributed by atoms with Gasteiger partial charge in [0.1, 0.15) is 0 Å². The summed E-state index contributed by atoms with van der Waals surface area (Å²) in [6.07, 6.45) is 0. The number of benzene rings is 1. The Morgan fingerprint density at radius 3 is 2.82 bits per heavy atom. The summed E-state index contributed by atoms with van der Waals surface area (Å²) in [7, 11) is 0. The Labute approximate surface area is 102 Å². The minimum Gasteiger partial charge on any atom is -0.478 e. The van der Waals surface area contributed by atoms with E-state index in [0.29, 0.717) is 22.4 Å². The zero-order chi connectivity index (χ0) is 12.3. The van der Waals surface area contributed by atoms with Gasteiger partial charge in [0.2, 0.25) is 5.89 Å². The molecule has 0 bridgehead atoms. The second-order valence-corrected chi connectivity index (χ2v) is 4.26. The van der Waals surface area contributed by atoms with Crippen LogP contribution in [0.15, 0.2) is 33.9 Å². The number of rotatable bonds is 4. The molecule has 0 aliphatic carbocycles. The molecule has 0 saturated carbocycles. The molecular formula is C11H10N2O3S. The third kappa shape index (κ3) is 2.85. The molecule has 0 atom stereocenters. The average molecular weight is 250 g/mol. The van der Waals surface area contributed by atoms with E-state index in [1.54, 1.807) is 31.2 Å². The van der Waals surface area contributed by atoms with Gasteiger partial charge in [-0.3, -0.25) is 0 Å². The number of thioether (sulfide) groups is 1. The largest absolute Gasteiger partial charge is 0.478 e. The van der Waals surface area contributed by atoms with E-state index in [1.165, 1.54) is 11.8 Å². The number of carboxylic acid groups (broad SMARTS) is 1. The lowest BCUT2D eigenvalue weighted by molar-refractivity contribution is 0.0696. The van der Waals surface area contributed by atoms with E-state index in [1.807, 2.05) is 0 Å². The summed E-state index contributed by atoms with van der Waals surface area (Å²) in [6.45, 7) is 1.71. The number of aryl methyl sites for hydroxylation is 1. The van der Waals surface area contributed by atoms with Gasteiger partial charge in [0.05, 0.1) is 5.56 Å². The highest BCUT2D eigenvalue weighted by Gasteiger charge is 2.10. The van der Waals surface area contributed by atoms with E-state index < -0.39 is 5.97 Å². The maximum absolute atomic E-state index is 11.0. The molecule has 2 rings (SSSR count). The maximum Gasteiger partial charge on any atom is 0.335 e. The molecular weight excluding hydrogens is 240 g/mol. The first-order chi connectivity index (χ1) is 8.16. The summed E-state index contributed by atoms with van der Waals surface area (Å²) in [5.74, 6) is 0.0614. The second-order valence-electron chi connectivity index (χ2n) is 3.34. The number of nitrogens with zero attached hydrogens (tertiary/aromatic N) is 2. The van der Waals surface area contributed by atoms with Gasteiger partial charge in [0.25, 0.3) is 5.22 Å². The first-order valence-corrected chi connectivity index (χ1v) is 5.89. The molecule has 6 heteroatoms. The van der Waals surface area contributed by atoms with Gasteiger partial charge in [-0.05, 0) is 11.6 Å². The third-order valence-corrected chi connectivity index (χ3v) is 2.97. The van der Waals surface area contributed by atoms with Gasteiger partial charge < -0.3 is 9.52 Å². The number of aromatic nitrogens is 2. The molecule has 1 aromatic heterocycles. The Morgan fingerprint density at radius 1 is 1.41 bits per heavy atom. The zero-order valence-electron chi connectivity index (χ0n) is 9.08. The van der Waals surface area contributed by atoms with Crippen molar-refractivity contribution >= 4 is 17.7 Å². The fourth-order valence-electron chi connectivity index (χ4n) is 1.33. The van der Waals surface area contributed by atoms with Crippen molar-refractivity contribution in [3.05, 3.63) is 41.3 Å². The van der Waals surface area contributed by atoms with E-state index in [4.69, 9.17) is 9.52 Å². The standard InChI is InChI=1S/C11H10N2O3S/c1-7-12-13-11(16-7)17-6-8-4-2-3-5-9(8)10(14)15/h2-5H,6H2,1H3,(H,14,15). The van der Waals surface area contributed by atoms with Gasteiger partial charge in [-0.1, -0.05) is 30.0 Å². The first-order valence-electron chi connectivity index (χ1n) is 4.91. The third-order valence-electron chi connectivity index (χ3n) is 2.11. The summed E-state index contributed by atoms with van der Waals surface area (Å²) in [5.41, 5.74) is 1.04. The average Bonchev–Trinajstić information content (AvgIpc) is 2.73. The molecule has 0 radical (unpaired) electrons. The van der Waals surface area contributed by atoms with Crippen LogP contribution in [0, 0.1) is 6.92 Å². The molecule has 0 aliphatic rings. The highest BCUT2D eigenvalue weighted by Crippen LogP contribution is 2.23. The van der Waals surface area contributed by atoms with Crippen LogP contribution in [0.25, 0.3) is 0 Å². The lowest BCUT2D eigenvalue weighted by atomic mass is 10.1. The predicted octanol–water partition coefficient (Wildman–Crippen LogP) is 2.37. The van der Waals surface area contributed by atoms with Crippen LogP contribution in [0.3, 0.4) is 0 Å². The normalized spacial score (nSPS) is 10.4. The van der Waals surface area contributed by atoms with Crippen LogP contribution in [-0.4, -0.2) is 21.3 Å². The van der Waals surface area contributed by atoms with E-state index >= 15 is 0 Å². The second kappa shape index (κ2) is 5.01. The number of carbonyl (C=O) groups is 1. The molecule has 1 N–H and O–H groups in total. The van der Waals surface area contributed by atoms with Crippen LogP contribution in [0.5, 0.6) is 0 Å². The summed E-state index contributed by atoms with van der Waals surface area (Å²) in [5, 5.41) is 17.0. The molecule has 0 fully saturated rings. The monoisotopic (exact) mass is 250 g/mol. The van der Waals surface area contributed by atoms with Gasteiger partial charge in [-0.25, -0.2) is 4.79 Å². The van der Waals surface area contributed by atoms with Crippen molar-refractivity contribution in [2.45, 2.75) is 17.9 Å². The predicted molar refractivity (Wildman–Crippen MR) is 62.0 cm³/mol. The maximum atomic E-state index is 11.0. The summed E-state index contributed by atoms with van der Waals surface area (Å²) in [6, 6.07) is 6.87. The van der Waals surface area contributed by atoms with Crippen LogP contribution in [0.2, 0.25) is 0 Å². The van der Waals surface area contributed by atoms with Gasteiger partial charge >= 0.3 is 5.97 Å². The molecule has 5 nitrogen and oxygen atoms in total. The SMILES string of the molecule is Cc1nnc(SCc2ccccc2C(=O)O)o1. The highest BCUT2D eigenvalue weighted by atomic mass is 32.2. The minimum absolute atomic E-state index is 0.302. The topological polar surface area (TPSA) is 76.2 Å². The van der Waals surface area contributed by atoms with Crippen molar-refractivity contribution in [3.63, 3.8) is 0 Å². The number of aromatic carboxylic acids is 1. The Morgan fingerprint density at radius 2 is 2.18 bits per heavy atom. The zero-order valence-corrected chi connectivity index (χ0v) is 9.90. The quantitative estimate of drug-likeness (QED) is 0.839. The van der Waals surface area contributed by atoms with Gasteiger partial charge in [-0.2, -0.15) is 0 Å². The molecule has 0 aliphatic heterocycles. The number of hydrogen-bond acceptors (Lipinski definition) is 5. The summed E-state index contributed by atoms with van der Waals surface area (Å²) >= 11 is 1.32. The Kier molecular flexibility index (Phi) is 3.43. The number of carboxylic acids is 1. The molecule has 0 saturated heterocycles. The first kappa shape index (κ1) is 11.7. The van der Waals surface area contributed by atoms with Gasteiger partial charge in [-0.15, -0.1) is 10.2 Å². The molecule has 2 aromatic rings. The van der Waals surface area contributed by atoms with Crippen LogP contribution in [0.1, 0.15) is 21.8 Å². The van der Waals surface area contributed by atoms with E-state index in [0.717, 1.165) is 5.56 Å². The van der Waals surface area contributed by atoms with Crippen molar-refractivity contribution < 1.29 is 14.3 Å². The highest BCUT2D eigenvalue weighted by molar-refractivity contribution is 7.98. The van der Waals surface area contributed by atoms with E-state index in [2.05, 4.69) is 10.2 Å². The molecule has 88 valence electrons. The Balaban J connectivity index is 2.11. The van der Waals surface area contributed by atoms with Crippen LogP contribution in [0.4, 0.5) is 0 Å². The van der Waals surface area contributed by atoms with Crippen molar-refractivity contribution in [1.29, 1.82) is 0 Å². The molecule has 0 spiro atoms. The molecule has 0 unspecified atom stereocenters. The lowest BCUT2D eigenvalue weighted by Gasteiger charge is -2.02. The van der Waals surface area contributed by atoms with E-state index in [9.17, 15) is 4.79 Å².